The van der Waals surface area contributed by atoms with Gasteiger partial charge in [-0.2, -0.15) is 4.31 Å². The lowest BCUT2D eigenvalue weighted by Crippen LogP contribution is -2.49. The number of ether oxygens (including phenoxy) is 3. The van der Waals surface area contributed by atoms with Crippen LogP contribution in [0.4, 0.5) is 4.79 Å². The Bertz CT molecular complexity index is 1400. The first-order valence-electron chi connectivity index (χ1n) is 14.2. The van der Waals surface area contributed by atoms with Gasteiger partial charge in [-0.15, -0.1) is 0 Å². The molecule has 2 aliphatic rings. The number of hydrogen-bond acceptors (Lipinski definition) is 8. The van der Waals surface area contributed by atoms with E-state index in [0.29, 0.717) is 31.1 Å². The van der Waals surface area contributed by atoms with E-state index in [0.717, 1.165) is 12.0 Å². The van der Waals surface area contributed by atoms with Gasteiger partial charge in [0.05, 0.1) is 17.5 Å². The van der Waals surface area contributed by atoms with Crippen molar-refractivity contribution in [2.24, 2.45) is 5.41 Å². The fourth-order valence-electron chi connectivity index (χ4n) is 5.00. The molecule has 1 fully saturated rings. The van der Waals surface area contributed by atoms with E-state index in [1.165, 1.54) is 16.4 Å². The number of fused-ring (bicyclic) bond motifs is 1. The second-order valence-corrected chi connectivity index (χ2v) is 13.2. The van der Waals surface area contributed by atoms with Gasteiger partial charge in [-0.3, -0.25) is 9.59 Å². The molecule has 0 saturated carbocycles. The molecule has 42 heavy (non-hydrogen) atoms. The Balaban J connectivity index is 1.40. The van der Waals surface area contributed by atoms with E-state index in [-0.39, 0.29) is 24.4 Å². The molecule has 4 rings (SSSR count). The smallest absolute Gasteiger partial charge is 0.408 e. The van der Waals surface area contributed by atoms with Gasteiger partial charge in [0.1, 0.15) is 25.4 Å². The number of alkyl carbamates (subject to hydrolysis) is 1. The van der Waals surface area contributed by atoms with Crippen LogP contribution in [0, 0.1) is 5.41 Å². The predicted molar refractivity (Wildman–Crippen MR) is 155 cm³/mol. The Morgan fingerprint density at radius 2 is 1.74 bits per heavy atom. The van der Waals surface area contributed by atoms with E-state index in [1.54, 1.807) is 13.0 Å². The maximum atomic E-state index is 13.5. The minimum Gasteiger partial charge on any atom is -0.486 e. The van der Waals surface area contributed by atoms with Crippen molar-refractivity contribution in [3.05, 3.63) is 54.1 Å². The number of sulfonamides is 1. The van der Waals surface area contributed by atoms with Crippen molar-refractivity contribution >= 4 is 27.8 Å². The number of carbonyl (C=O) groups excluding carboxylic acids is 3. The number of amides is 2. The SMILES string of the molecule is CCCC[C@H](NC(=O)O[C@@H]1CN(S(=O)(=O)c2ccc3c(c2)OCCO3)CC1(C)C)C(=O)C(=O)N[C@H](C)c1ccccc1. The van der Waals surface area contributed by atoms with Gasteiger partial charge in [-0.25, -0.2) is 13.2 Å². The van der Waals surface area contributed by atoms with Crippen molar-refractivity contribution < 1.29 is 37.0 Å². The average Bonchev–Trinajstić information content (AvgIpc) is 3.28. The molecule has 12 heteroatoms. The summed E-state index contributed by atoms with van der Waals surface area (Å²) in [5.74, 6) is -0.726. The summed E-state index contributed by atoms with van der Waals surface area (Å²) in [7, 11) is -3.93. The number of nitrogens with zero attached hydrogens (tertiary/aromatic N) is 1. The molecule has 0 aromatic heterocycles. The minimum atomic E-state index is -3.93. The van der Waals surface area contributed by atoms with Gasteiger partial charge < -0.3 is 24.8 Å². The Morgan fingerprint density at radius 3 is 2.43 bits per heavy atom. The molecule has 0 spiro atoms. The lowest BCUT2D eigenvalue weighted by Gasteiger charge is -2.26. The molecule has 0 unspecified atom stereocenters. The summed E-state index contributed by atoms with van der Waals surface area (Å²) >= 11 is 0. The fourth-order valence-corrected chi connectivity index (χ4v) is 6.63. The molecule has 228 valence electrons. The van der Waals surface area contributed by atoms with Crippen LogP contribution in [0.15, 0.2) is 53.4 Å². The van der Waals surface area contributed by atoms with Crippen LogP contribution in [0.5, 0.6) is 11.5 Å². The molecule has 2 N–H and O–H groups in total. The fraction of sp³-hybridized carbons (Fsp3) is 0.500. The van der Waals surface area contributed by atoms with E-state index in [4.69, 9.17) is 14.2 Å². The second-order valence-electron chi connectivity index (χ2n) is 11.3. The third-order valence-electron chi connectivity index (χ3n) is 7.55. The van der Waals surface area contributed by atoms with Crippen LogP contribution in [0.2, 0.25) is 0 Å². The van der Waals surface area contributed by atoms with Crippen molar-refractivity contribution in [1.82, 2.24) is 14.9 Å². The highest BCUT2D eigenvalue weighted by Crippen LogP contribution is 2.38. The van der Waals surface area contributed by atoms with Gasteiger partial charge in [0, 0.05) is 18.0 Å². The number of rotatable bonds is 11. The molecule has 11 nitrogen and oxygen atoms in total. The third-order valence-corrected chi connectivity index (χ3v) is 9.36. The molecule has 0 bridgehead atoms. The lowest BCUT2D eigenvalue weighted by molar-refractivity contribution is -0.139. The summed E-state index contributed by atoms with van der Waals surface area (Å²) in [4.78, 5) is 38.9. The third kappa shape index (κ3) is 7.22. The highest BCUT2D eigenvalue weighted by atomic mass is 32.2. The van der Waals surface area contributed by atoms with Crippen LogP contribution < -0.4 is 20.1 Å². The van der Waals surface area contributed by atoms with Crippen molar-refractivity contribution in [1.29, 1.82) is 0 Å². The summed E-state index contributed by atoms with van der Waals surface area (Å²) in [5.41, 5.74) is 0.124. The van der Waals surface area contributed by atoms with E-state index in [1.807, 2.05) is 51.1 Å². The number of ketones is 1. The average molecular weight is 602 g/mol. The summed E-state index contributed by atoms with van der Waals surface area (Å²) in [6, 6.07) is 12.2. The number of hydrogen-bond donors (Lipinski definition) is 2. The highest BCUT2D eigenvalue weighted by Gasteiger charge is 2.47. The zero-order valence-corrected chi connectivity index (χ0v) is 25.2. The lowest BCUT2D eigenvalue weighted by atomic mass is 9.90. The topological polar surface area (TPSA) is 140 Å². The number of benzene rings is 2. The van der Waals surface area contributed by atoms with Gasteiger partial charge >= 0.3 is 6.09 Å². The number of Topliss-reactive ketones (excluding diaryl/α,β-unsaturated/α-hetero) is 1. The van der Waals surface area contributed by atoms with Crippen molar-refractivity contribution in [3.63, 3.8) is 0 Å². The van der Waals surface area contributed by atoms with Gasteiger partial charge in [-0.1, -0.05) is 63.9 Å². The zero-order chi connectivity index (χ0) is 30.5. The highest BCUT2D eigenvalue weighted by molar-refractivity contribution is 7.89. The predicted octanol–water partition coefficient (Wildman–Crippen LogP) is 3.59. The number of carbonyl (C=O) groups is 3. The standard InChI is InChI=1S/C30H39N3O8S/c1-5-6-12-23(27(34)28(35)31-20(2)21-10-8-7-9-11-21)32-29(36)41-26-18-33(19-30(26,3)4)42(37,38)22-13-14-24-25(17-22)40-16-15-39-24/h7-11,13-14,17,20,23,26H,5-6,12,15-16,18-19H2,1-4H3,(H,31,35)(H,32,36)/t20-,23+,26-/m1/s1. The molecule has 0 aliphatic carbocycles. The molecule has 3 atom stereocenters. The monoisotopic (exact) mass is 601 g/mol. The first-order valence-corrected chi connectivity index (χ1v) is 15.6. The first-order chi connectivity index (χ1) is 19.9. The summed E-state index contributed by atoms with van der Waals surface area (Å²) < 4.78 is 44.9. The Labute approximate surface area is 246 Å². The molecule has 2 amide bonds. The molecule has 2 heterocycles. The molecule has 2 aliphatic heterocycles. The number of unbranched alkanes of at least 4 members (excludes halogenated alkanes) is 1. The Hall–Kier alpha value is -3.64. The molecular formula is C30H39N3O8S. The van der Waals surface area contributed by atoms with Crippen LogP contribution in [0.25, 0.3) is 0 Å². The molecule has 2 aromatic carbocycles. The second kappa shape index (κ2) is 13.1. The van der Waals surface area contributed by atoms with Crippen LogP contribution in [0.1, 0.15) is 58.6 Å². The maximum Gasteiger partial charge on any atom is 0.408 e. The zero-order valence-electron chi connectivity index (χ0n) is 24.4. The molecule has 0 radical (unpaired) electrons. The molecular weight excluding hydrogens is 562 g/mol. The number of nitrogens with one attached hydrogen (secondary N) is 2. The van der Waals surface area contributed by atoms with Crippen molar-refractivity contribution in [3.8, 4) is 11.5 Å². The summed E-state index contributed by atoms with van der Waals surface area (Å²) in [5, 5.41) is 5.26. The van der Waals surface area contributed by atoms with Gasteiger partial charge in [0.2, 0.25) is 15.8 Å². The first kappa shape index (κ1) is 31.3. The van der Waals surface area contributed by atoms with E-state index in [9.17, 15) is 22.8 Å². The maximum absolute atomic E-state index is 13.5. The van der Waals surface area contributed by atoms with Crippen molar-refractivity contribution in [2.45, 2.75) is 70.0 Å². The van der Waals surface area contributed by atoms with E-state index >= 15 is 0 Å². The van der Waals surface area contributed by atoms with Gasteiger partial charge in [-0.05, 0) is 31.0 Å². The molecule has 2 aromatic rings. The Kier molecular flexibility index (Phi) is 9.78. The summed E-state index contributed by atoms with van der Waals surface area (Å²) in [6.07, 6.45) is -0.0566. The van der Waals surface area contributed by atoms with Gasteiger partial charge in [0.25, 0.3) is 5.91 Å². The quantitative estimate of drug-likeness (QED) is 0.373. The van der Waals surface area contributed by atoms with Crippen LogP contribution in [-0.2, 0) is 24.3 Å². The van der Waals surface area contributed by atoms with E-state index in [2.05, 4.69) is 10.6 Å². The largest absolute Gasteiger partial charge is 0.486 e. The normalized spacial score (nSPS) is 19.4. The van der Waals surface area contributed by atoms with Crippen LogP contribution in [0.3, 0.4) is 0 Å². The van der Waals surface area contributed by atoms with Crippen molar-refractivity contribution in [2.75, 3.05) is 26.3 Å². The van der Waals surface area contributed by atoms with Crippen LogP contribution >= 0.6 is 0 Å². The van der Waals surface area contributed by atoms with Gasteiger partial charge in [0.15, 0.2) is 11.5 Å². The minimum absolute atomic E-state index is 0.0496. The molecule has 1 saturated heterocycles. The Morgan fingerprint density at radius 1 is 1.05 bits per heavy atom. The summed E-state index contributed by atoms with van der Waals surface area (Å²) in [6.45, 7) is 8.09. The van der Waals surface area contributed by atoms with E-state index < -0.39 is 51.4 Å². The van der Waals surface area contributed by atoms with Crippen LogP contribution in [-0.4, -0.2) is 69.0 Å².